The molecule has 0 spiro atoms. The molecule has 0 atom stereocenters. The van der Waals surface area contributed by atoms with Gasteiger partial charge < -0.3 is 30.0 Å². The number of imidazole rings is 1. The molecule has 0 saturated heterocycles. The number of ether oxygens (including phenoxy) is 2. The first kappa shape index (κ1) is 21.6. The summed E-state index contributed by atoms with van der Waals surface area (Å²) in [6.45, 7) is -0.0498. The number of anilines is 1. The van der Waals surface area contributed by atoms with Gasteiger partial charge in [-0.2, -0.15) is 4.98 Å². The Morgan fingerprint density at radius 1 is 1.29 bits per heavy atom. The fraction of sp³-hybridized carbons (Fsp3) is 0.312. The van der Waals surface area contributed by atoms with Crippen molar-refractivity contribution in [2.24, 2.45) is 0 Å². The quantitative estimate of drug-likeness (QED) is 0.327. The largest absolute Gasteiger partial charge is 0.497 e. The third kappa shape index (κ3) is 6.46. The van der Waals surface area contributed by atoms with Gasteiger partial charge in [0.05, 0.1) is 19.6 Å². The molecule has 3 rings (SSSR count). The maximum atomic E-state index is 12.0. The number of hydrogen-bond donors (Lipinski definition) is 4. The minimum absolute atomic E-state index is 0.0374. The van der Waals surface area contributed by atoms with Gasteiger partial charge in [-0.1, -0.05) is 18.2 Å². The number of rotatable bonds is 7. The van der Waals surface area contributed by atoms with Crippen LogP contribution in [0.15, 0.2) is 41.5 Å². The first-order valence-electron chi connectivity index (χ1n) is 8.22. The van der Waals surface area contributed by atoms with Crippen LogP contribution in [0.25, 0.3) is 11.2 Å². The van der Waals surface area contributed by atoms with E-state index >= 15 is 0 Å². The summed E-state index contributed by atoms with van der Waals surface area (Å²) in [7, 11) is -2.36. The standard InChI is InChI=1S/C9H14N5O5P.C7H8O/c10-9-13-7-6(11-4-12-7)8(15)14(9)5-19-2-1-3-20(16,17)18;1-8-7-5-3-2-4-6-7/h4H,1-3,5H2,(H2,10,13)(H,11,12)(H2,16,17,18);2-6H,1H3. The van der Waals surface area contributed by atoms with E-state index in [9.17, 15) is 9.36 Å². The van der Waals surface area contributed by atoms with Crippen LogP contribution in [-0.4, -0.2) is 49.2 Å². The fourth-order valence-corrected chi connectivity index (χ4v) is 2.69. The zero-order valence-electron chi connectivity index (χ0n) is 15.2. The van der Waals surface area contributed by atoms with E-state index in [1.807, 2.05) is 30.3 Å². The van der Waals surface area contributed by atoms with Crippen molar-refractivity contribution in [1.29, 1.82) is 0 Å². The van der Waals surface area contributed by atoms with Crippen molar-refractivity contribution in [3.8, 4) is 5.75 Å². The van der Waals surface area contributed by atoms with Crippen molar-refractivity contribution in [2.45, 2.75) is 13.2 Å². The van der Waals surface area contributed by atoms with Gasteiger partial charge in [-0.15, -0.1) is 0 Å². The molecule has 1 aromatic carbocycles. The lowest BCUT2D eigenvalue weighted by Gasteiger charge is -2.09. The van der Waals surface area contributed by atoms with E-state index in [4.69, 9.17) is 25.0 Å². The maximum Gasteiger partial charge on any atom is 0.325 e. The van der Waals surface area contributed by atoms with E-state index in [0.29, 0.717) is 0 Å². The molecule has 0 radical (unpaired) electrons. The van der Waals surface area contributed by atoms with Crippen molar-refractivity contribution >= 4 is 24.7 Å². The van der Waals surface area contributed by atoms with Crippen LogP contribution >= 0.6 is 7.60 Å². The van der Waals surface area contributed by atoms with E-state index in [1.165, 1.54) is 6.33 Å². The van der Waals surface area contributed by atoms with Gasteiger partial charge in [0.1, 0.15) is 12.5 Å². The van der Waals surface area contributed by atoms with Crippen molar-refractivity contribution < 1.29 is 23.8 Å². The Morgan fingerprint density at radius 2 is 2.00 bits per heavy atom. The number of hydrogen-bond acceptors (Lipinski definition) is 7. The third-order valence-electron chi connectivity index (χ3n) is 3.51. The van der Waals surface area contributed by atoms with Crippen LogP contribution in [0.3, 0.4) is 0 Å². The van der Waals surface area contributed by atoms with E-state index in [1.54, 1.807) is 7.11 Å². The minimum Gasteiger partial charge on any atom is -0.497 e. The maximum absolute atomic E-state index is 12.0. The Morgan fingerprint density at radius 3 is 2.61 bits per heavy atom. The van der Waals surface area contributed by atoms with Crippen LogP contribution in [0, 0.1) is 0 Å². The van der Waals surface area contributed by atoms with E-state index < -0.39 is 13.2 Å². The summed E-state index contributed by atoms with van der Waals surface area (Å²) in [6.07, 6.45) is 1.25. The fourth-order valence-electron chi connectivity index (χ4n) is 2.15. The second-order valence-corrected chi connectivity index (χ2v) is 7.38. The highest BCUT2D eigenvalue weighted by molar-refractivity contribution is 7.51. The van der Waals surface area contributed by atoms with Gasteiger partial charge >= 0.3 is 7.60 Å². The van der Waals surface area contributed by atoms with Gasteiger partial charge in [-0.3, -0.25) is 13.9 Å². The number of H-pyrrole nitrogens is 1. The summed E-state index contributed by atoms with van der Waals surface area (Å²) in [5.41, 5.74) is 5.65. The minimum atomic E-state index is -4.02. The number of aromatic nitrogens is 4. The average Bonchev–Trinajstić information content (AvgIpc) is 3.12. The topological polar surface area (TPSA) is 166 Å². The lowest BCUT2D eigenvalue weighted by Crippen LogP contribution is -2.26. The Balaban J connectivity index is 0.000000292. The van der Waals surface area contributed by atoms with Gasteiger partial charge in [-0.05, 0) is 18.6 Å². The average molecular weight is 411 g/mol. The Hall–Kier alpha value is -2.72. The Bertz CT molecular complexity index is 984. The number of nitrogens with two attached hydrogens (primary N) is 1. The van der Waals surface area contributed by atoms with Crippen LogP contribution < -0.4 is 16.0 Å². The Kier molecular flexibility index (Phi) is 7.70. The molecular formula is C16H22N5O6P. The number of para-hydroxylation sites is 1. The summed E-state index contributed by atoms with van der Waals surface area (Å²) in [5, 5.41) is 0. The van der Waals surface area contributed by atoms with Crippen molar-refractivity contribution in [3.63, 3.8) is 0 Å². The van der Waals surface area contributed by atoms with Crippen molar-refractivity contribution in [3.05, 3.63) is 47.0 Å². The SMILES string of the molecule is COc1ccccc1.Nc1nc2nc[nH]c2c(=O)n1COCCCP(=O)(O)O. The number of methoxy groups -OCH3 is 1. The first-order chi connectivity index (χ1) is 13.3. The molecule has 0 bridgehead atoms. The normalized spacial score (nSPS) is 11.1. The monoisotopic (exact) mass is 411 g/mol. The van der Waals surface area contributed by atoms with Crippen LogP contribution in [0.4, 0.5) is 5.95 Å². The molecule has 11 nitrogen and oxygen atoms in total. The lowest BCUT2D eigenvalue weighted by atomic mass is 10.3. The highest BCUT2D eigenvalue weighted by Crippen LogP contribution is 2.34. The molecule has 2 aromatic heterocycles. The van der Waals surface area contributed by atoms with E-state index in [-0.39, 0.29) is 43.0 Å². The zero-order chi connectivity index (χ0) is 20.6. The zero-order valence-corrected chi connectivity index (χ0v) is 16.1. The summed E-state index contributed by atoms with van der Waals surface area (Å²) in [4.78, 5) is 39.8. The number of nitrogens with one attached hydrogen (secondary N) is 1. The van der Waals surface area contributed by atoms with E-state index in [0.717, 1.165) is 10.3 Å². The van der Waals surface area contributed by atoms with Crippen LogP contribution in [0.1, 0.15) is 6.42 Å². The van der Waals surface area contributed by atoms with Gasteiger partial charge in [-0.25, -0.2) is 4.98 Å². The molecule has 5 N–H and O–H groups in total. The number of nitrogen functional groups attached to an aromatic ring is 1. The molecule has 2 heterocycles. The molecule has 0 aliphatic carbocycles. The molecule has 0 unspecified atom stereocenters. The summed E-state index contributed by atoms with van der Waals surface area (Å²) < 4.78 is 21.8. The summed E-state index contributed by atoms with van der Waals surface area (Å²) >= 11 is 0. The highest BCUT2D eigenvalue weighted by Gasteiger charge is 2.13. The van der Waals surface area contributed by atoms with Gasteiger partial charge in [0, 0.05) is 6.61 Å². The number of aromatic amines is 1. The second-order valence-electron chi connectivity index (χ2n) is 5.60. The predicted molar refractivity (Wildman–Crippen MR) is 103 cm³/mol. The van der Waals surface area contributed by atoms with Gasteiger partial charge in [0.25, 0.3) is 5.56 Å². The molecular weight excluding hydrogens is 389 g/mol. The molecule has 12 heteroatoms. The molecule has 0 amide bonds. The smallest absolute Gasteiger partial charge is 0.325 e. The molecule has 0 aliphatic heterocycles. The number of benzene rings is 1. The third-order valence-corrected chi connectivity index (χ3v) is 4.41. The second kappa shape index (κ2) is 10.00. The van der Waals surface area contributed by atoms with Gasteiger partial charge in [0.15, 0.2) is 11.2 Å². The molecule has 3 aromatic rings. The first-order valence-corrected chi connectivity index (χ1v) is 10.0. The summed E-state index contributed by atoms with van der Waals surface area (Å²) in [6, 6.07) is 9.68. The lowest BCUT2D eigenvalue weighted by molar-refractivity contribution is 0.0761. The molecule has 0 aliphatic rings. The van der Waals surface area contributed by atoms with Crippen LogP contribution in [-0.2, 0) is 16.0 Å². The van der Waals surface area contributed by atoms with E-state index in [2.05, 4.69) is 15.0 Å². The molecule has 0 fully saturated rings. The van der Waals surface area contributed by atoms with Crippen molar-refractivity contribution in [2.75, 3.05) is 25.6 Å². The van der Waals surface area contributed by atoms with Crippen molar-refractivity contribution in [1.82, 2.24) is 19.5 Å². The molecule has 152 valence electrons. The predicted octanol–water partition coefficient (Wildman–Crippen LogP) is 0.939. The highest BCUT2D eigenvalue weighted by atomic mass is 31.2. The number of nitrogens with zero attached hydrogens (tertiary/aromatic N) is 3. The Labute approximate surface area is 160 Å². The number of fused-ring (bicyclic) bond motifs is 1. The molecule has 28 heavy (non-hydrogen) atoms. The van der Waals surface area contributed by atoms with Gasteiger partial charge in [0.2, 0.25) is 5.95 Å². The molecule has 0 saturated carbocycles. The van der Waals surface area contributed by atoms with Crippen LogP contribution in [0.5, 0.6) is 5.75 Å². The van der Waals surface area contributed by atoms with Crippen LogP contribution in [0.2, 0.25) is 0 Å². The summed E-state index contributed by atoms with van der Waals surface area (Å²) in [5.74, 6) is 0.872.